The van der Waals surface area contributed by atoms with Crippen LogP contribution in [0.4, 0.5) is 23.4 Å². The summed E-state index contributed by atoms with van der Waals surface area (Å²) in [5, 5.41) is 16.3. The highest BCUT2D eigenvalue weighted by atomic mass is 19.4. The third-order valence-corrected chi connectivity index (χ3v) is 7.35. The fourth-order valence-electron chi connectivity index (χ4n) is 5.47. The van der Waals surface area contributed by atoms with Crippen molar-refractivity contribution in [3.8, 4) is 22.7 Å². The Morgan fingerprint density at radius 3 is 2.69 bits per heavy atom. The van der Waals surface area contributed by atoms with Crippen LogP contribution in [0.3, 0.4) is 0 Å². The van der Waals surface area contributed by atoms with Gasteiger partial charge < -0.3 is 15.0 Å². The van der Waals surface area contributed by atoms with Crippen LogP contribution in [0.1, 0.15) is 34.9 Å². The normalized spacial score (nSPS) is 13.7. The van der Waals surface area contributed by atoms with Gasteiger partial charge in [0.05, 0.1) is 28.2 Å². The first kappa shape index (κ1) is 25.0. The number of pyridine rings is 1. The number of hydrogen-bond acceptors (Lipinski definition) is 4. The molecule has 39 heavy (non-hydrogen) atoms. The van der Waals surface area contributed by atoms with Crippen LogP contribution in [-0.4, -0.2) is 31.4 Å². The van der Waals surface area contributed by atoms with Crippen LogP contribution in [0.5, 0.6) is 5.75 Å². The number of alkyl halides is 3. The van der Waals surface area contributed by atoms with Gasteiger partial charge in [-0.2, -0.15) is 18.3 Å². The summed E-state index contributed by atoms with van der Waals surface area (Å²) in [4.78, 5) is 8.60. The highest BCUT2D eigenvalue weighted by Crippen LogP contribution is 2.41. The lowest BCUT2D eigenvalue weighted by molar-refractivity contribution is -0.138. The summed E-state index contributed by atoms with van der Waals surface area (Å²) < 4.78 is 56.2. The molecule has 0 saturated heterocycles. The second kappa shape index (κ2) is 9.14. The van der Waals surface area contributed by atoms with Crippen molar-refractivity contribution >= 4 is 16.7 Å². The van der Waals surface area contributed by atoms with E-state index in [-0.39, 0.29) is 18.1 Å². The largest absolute Gasteiger partial charge is 0.506 e. The molecule has 0 unspecified atom stereocenters. The van der Waals surface area contributed by atoms with Gasteiger partial charge in [0, 0.05) is 48.4 Å². The third-order valence-electron chi connectivity index (χ3n) is 7.35. The first-order valence-electron chi connectivity index (χ1n) is 12.6. The summed E-state index contributed by atoms with van der Waals surface area (Å²) in [7, 11) is 0. The molecule has 0 aliphatic carbocycles. The molecule has 2 N–H and O–H groups in total. The Morgan fingerprint density at radius 1 is 1.13 bits per heavy atom. The van der Waals surface area contributed by atoms with Gasteiger partial charge in [-0.3, -0.25) is 0 Å². The minimum atomic E-state index is -4.68. The van der Waals surface area contributed by atoms with Crippen LogP contribution in [0.2, 0.25) is 0 Å². The standard InChI is InChI=1S/C29H25F4N5O/c1-3-17-6-4-5-16(2)26(17)38-27(20-7-8-24(39)25-19(20)9-11-34-25)21-15-37(12-10-23(21)36-38)28-22(30)13-18(14-35-28)29(31,32)33/h4-9,11,13-14,34,39H,3,10,12,15H2,1-2H3. The quantitative estimate of drug-likeness (QED) is 0.251. The number of para-hydroxylation sites is 1. The zero-order chi connectivity index (χ0) is 27.5. The average molecular weight is 536 g/mol. The predicted octanol–water partition coefficient (Wildman–Crippen LogP) is 6.71. The summed E-state index contributed by atoms with van der Waals surface area (Å²) in [6, 6.07) is 11.9. The number of phenolic OH excluding ortho intramolecular Hbond substituents is 1. The number of aromatic hydroxyl groups is 1. The number of hydrogen-bond donors (Lipinski definition) is 2. The Morgan fingerprint density at radius 2 is 1.95 bits per heavy atom. The lowest BCUT2D eigenvalue weighted by Crippen LogP contribution is -2.32. The lowest BCUT2D eigenvalue weighted by Gasteiger charge is -2.28. The van der Waals surface area contributed by atoms with E-state index in [4.69, 9.17) is 5.10 Å². The Kier molecular flexibility index (Phi) is 5.85. The van der Waals surface area contributed by atoms with Gasteiger partial charge in [0.25, 0.3) is 0 Å². The molecular weight excluding hydrogens is 510 g/mol. The summed E-state index contributed by atoms with van der Waals surface area (Å²) in [6.07, 6.45) is -1.02. The summed E-state index contributed by atoms with van der Waals surface area (Å²) >= 11 is 0. The number of fused-ring (bicyclic) bond motifs is 2. The van der Waals surface area contributed by atoms with E-state index in [1.165, 1.54) is 0 Å². The molecule has 0 saturated carbocycles. The zero-order valence-electron chi connectivity index (χ0n) is 21.3. The van der Waals surface area contributed by atoms with E-state index in [0.29, 0.717) is 30.7 Å². The molecule has 0 bridgehead atoms. The van der Waals surface area contributed by atoms with Gasteiger partial charge in [0.2, 0.25) is 0 Å². The van der Waals surface area contributed by atoms with E-state index in [1.807, 2.05) is 35.9 Å². The van der Waals surface area contributed by atoms with Crippen LogP contribution in [0, 0.1) is 12.7 Å². The Labute approximate surface area is 221 Å². The van der Waals surface area contributed by atoms with Crippen LogP contribution < -0.4 is 4.90 Å². The molecule has 1 aliphatic heterocycles. The summed E-state index contributed by atoms with van der Waals surface area (Å²) in [5.41, 5.74) is 5.82. The third kappa shape index (κ3) is 4.10. The lowest BCUT2D eigenvalue weighted by atomic mass is 9.97. The molecule has 3 aromatic heterocycles. The van der Waals surface area contributed by atoms with Crippen LogP contribution in [0.25, 0.3) is 27.8 Å². The van der Waals surface area contributed by atoms with Crippen molar-refractivity contribution < 1.29 is 22.7 Å². The first-order valence-corrected chi connectivity index (χ1v) is 12.6. The molecule has 2 aromatic carbocycles. The van der Waals surface area contributed by atoms with Crippen molar-refractivity contribution in [1.29, 1.82) is 0 Å². The fourth-order valence-corrected chi connectivity index (χ4v) is 5.47. The van der Waals surface area contributed by atoms with E-state index in [2.05, 4.69) is 23.0 Å². The molecule has 0 spiro atoms. The molecule has 5 aromatic rings. The smallest absolute Gasteiger partial charge is 0.417 e. The average Bonchev–Trinajstić information content (AvgIpc) is 3.54. The molecule has 10 heteroatoms. The SMILES string of the molecule is CCc1cccc(C)c1-n1nc2c(c1-c1ccc(O)c3[nH]ccc13)CN(c1ncc(C(F)(F)F)cc1F)CC2. The number of aryl methyl sites for hydroxylation is 2. The van der Waals surface area contributed by atoms with Crippen LogP contribution in [-0.2, 0) is 25.6 Å². The highest BCUT2D eigenvalue weighted by Gasteiger charge is 2.34. The number of halogens is 4. The van der Waals surface area contributed by atoms with Gasteiger partial charge in [0.1, 0.15) is 5.75 Å². The predicted molar refractivity (Wildman–Crippen MR) is 141 cm³/mol. The number of aromatic nitrogens is 4. The minimum Gasteiger partial charge on any atom is -0.506 e. The topological polar surface area (TPSA) is 70.0 Å². The van der Waals surface area contributed by atoms with Gasteiger partial charge in [0.15, 0.2) is 11.6 Å². The van der Waals surface area contributed by atoms with Crippen molar-refractivity contribution in [3.05, 3.63) is 88.6 Å². The Balaban J connectivity index is 1.55. The molecule has 1 aliphatic rings. The molecule has 4 heterocycles. The number of rotatable bonds is 4. The van der Waals surface area contributed by atoms with Crippen LogP contribution >= 0.6 is 0 Å². The number of nitrogens with zero attached hydrogens (tertiary/aromatic N) is 4. The number of phenols is 1. The molecule has 0 amide bonds. The number of anilines is 1. The molecule has 0 radical (unpaired) electrons. The minimum absolute atomic E-state index is 0.112. The fraction of sp³-hybridized carbons (Fsp3) is 0.241. The van der Waals surface area contributed by atoms with Crippen molar-refractivity contribution in [3.63, 3.8) is 0 Å². The molecule has 6 rings (SSSR count). The number of aromatic amines is 1. The van der Waals surface area contributed by atoms with Gasteiger partial charge in [-0.05, 0) is 48.7 Å². The molecule has 6 nitrogen and oxygen atoms in total. The van der Waals surface area contributed by atoms with Gasteiger partial charge in [-0.25, -0.2) is 14.1 Å². The molecule has 200 valence electrons. The van der Waals surface area contributed by atoms with Crippen molar-refractivity contribution in [1.82, 2.24) is 19.7 Å². The van der Waals surface area contributed by atoms with E-state index < -0.39 is 17.6 Å². The highest BCUT2D eigenvalue weighted by molar-refractivity contribution is 5.98. The molecule has 0 atom stereocenters. The summed E-state index contributed by atoms with van der Waals surface area (Å²) in [6.45, 7) is 4.66. The van der Waals surface area contributed by atoms with E-state index >= 15 is 0 Å². The monoisotopic (exact) mass is 535 g/mol. The Hall–Kier alpha value is -4.34. The van der Waals surface area contributed by atoms with E-state index in [0.717, 1.165) is 51.1 Å². The number of H-pyrrole nitrogens is 1. The van der Waals surface area contributed by atoms with E-state index in [9.17, 15) is 22.7 Å². The van der Waals surface area contributed by atoms with Crippen molar-refractivity contribution in [2.24, 2.45) is 0 Å². The summed E-state index contributed by atoms with van der Waals surface area (Å²) in [5.74, 6) is -1.04. The number of nitrogens with one attached hydrogen (secondary N) is 1. The van der Waals surface area contributed by atoms with Crippen LogP contribution in [0.15, 0.2) is 54.9 Å². The maximum atomic E-state index is 14.9. The maximum Gasteiger partial charge on any atom is 0.417 e. The van der Waals surface area contributed by atoms with Crippen molar-refractivity contribution in [2.45, 2.75) is 39.4 Å². The number of benzene rings is 2. The maximum absolute atomic E-state index is 14.9. The first-order chi connectivity index (χ1) is 18.7. The van der Waals surface area contributed by atoms with Gasteiger partial charge in [-0.1, -0.05) is 25.1 Å². The van der Waals surface area contributed by atoms with Gasteiger partial charge in [-0.15, -0.1) is 0 Å². The molecular formula is C29H25F4N5O. The van der Waals surface area contributed by atoms with Crippen molar-refractivity contribution in [2.75, 3.05) is 11.4 Å². The second-order valence-corrected chi connectivity index (χ2v) is 9.72. The zero-order valence-corrected chi connectivity index (χ0v) is 21.3. The Bertz CT molecular complexity index is 1720. The van der Waals surface area contributed by atoms with E-state index in [1.54, 1.807) is 17.2 Å². The second-order valence-electron chi connectivity index (χ2n) is 9.72. The van der Waals surface area contributed by atoms with Gasteiger partial charge >= 0.3 is 6.18 Å². The molecule has 0 fully saturated rings.